The first-order valence-electron chi connectivity index (χ1n) is 13.2. The summed E-state index contributed by atoms with van der Waals surface area (Å²) in [6.07, 6.45) is 0.983. The van der Waals surface area contributed by atoms with Gasteiger partial charge in [0.25, 0.3) is 5.91 Å². The van der Waals surface area contributed by atoms with Crippen molar-refractivity contribution in [1.29, 1.82) is 0 Å². The first-order chi connectivity index (χ1) is 19.2. The molecule has 40 heavy (non-hydrogen) atoms. The van der Waals surface area contributed by atoms with Gasteiger partial charge in [-0.25, -0.2) is 4.39 Å². The summed E-state index contributed by atoms with van der Waals surface area (Å²) in [6.45, 7) is 0.522. The van der Waals surface area contributed by atoms with E-state index in [0.717, 1.165) is 32.1 Å². The Morgan fingerprint density at radius 2 is 1.68 bits per heavy atom. The second-order valence-corrected chi connectivity index (χ2v) is 9.70. The Balaban J connectivity index is 1.33. The number of furan rings is 1. The third kappa shape index (κ3) is 8.49. The number of anilines is 1. The van der Waals surface area contributed by atoms with Crippen LogP contribution in [0.25, 0.3) is 11.3 Å². The number of carbonyl (C=O) groups excluding carboxylic acids is 2. The van der Waals surface area contributed by atoms with Gasteiger partial charge >= 0.3 is 6.36 Å². The number of ether oxygens (including phenoxy) is 1. The minimum absolute atomic E-state index is 0.0284. The predicted octanol–water partition coefficient (Wildman–Crippen LogP) is 6.28. The molecule has 2 aromatic carbocycles. The first-order valence-corrected chi connectivity index (χ1v) is 13.2. The number of benzene rings is 2. The average Bonchev–Trinajstić information content (AvgIpc) is 3.42. The van der Waals surface area contributed by atoms with Gasteiger partial charge in [0.15, 0.2) is 5.76 Å². The van der Waals surface area contributed by atoms with Gasteiger partial charge in [-0.15, -0.1) is 13.2 Å². The summed E-state index contributed by atoms with van der Waals surface area (Å²) in [5.41, 5.74) is 0.785. The maximum Gasteiger partial charge on any atom is 0.573 e. The number of amides is 2. The van der Waals surface area contributed by atoms with E-state index in [1.807, 2.05) is 0 Å². The van der Waals surface area contributed by atoms with E-state index < -0.39 is 24.1 Å². The highest BCUT2D eigenvalue weighted by atomic mass is 19.4. The maximum absolute atomic E-state index is 14.1. The number of carbonyl (C=O) groups is 2. The van der Waals surface area contributed by atoms with Gasteiger partial charge in [0.1, 0.15) is 23.4 Å². The molecule has 0 aliphatic heterocycles. The highest BCUT2D eigenvalue weighted by Gasteiger charge is 2.31. The van der Waals surface area contributed by atoms with Crippen LogP contribution in [-0.4, -0.2) is 37.3 Å². The van der Waals surface area contributed by atoms with Crippen molar-refractivity contribution in [2.24, 2.45) is 5.92 Å². The summed E-state index contributed by atoms with van der Waals surface area (Å²) in [7, 11) is 0. The maximum atomic E-state index is 14.1. The van der Waals surface area contributed by atoms with Crippen LogP contribution in [0.3, 0.4) is 0 Å². The fourth-order valence-corrected chi connectivity index (χ4v) is 4.77. The van der Waals surface area contributed by atoms with Gasteiger partial charge in [-0.2, -0.15) is 0 Å². The van der Waals surface area contributed by atoms with Crippen LogP contribution in [0.4, 0.5) is 23.2 Å². The lowest BCUT2D eigenvalue weighted by molar-refractivity contribution is -0.274. The van der Waals surface area contributed by atoms with Gasteiger partial charge in [-0.1, -0.05) is 44.2 Å². The van der Waals surface area contributed by atoms with E-state index in [9.17, 15) is 27.2 Å². The third-order valence-electron chi connectivity index (χ3n) is 6.73. The molecule has 3 N–H and O–H groups in total. The molecule has 0 spiro atoms. The van der Waals surface area contributed by atoms with Crippen molar-refractivity contribution in [2.45, 2.75) is 50.9 Å². The monoisotopic (exact) mass is 561 g/mol. The zero-order chi connectivity index (χ0) is 28.5. The zero-order valence-corrected chi connectivity index (χ0v) is 21.7. The van der Waals surface area contributed by atoms with Crippen LogP contribution in [0.15, 0.2) is 65.1 Å². The molecule has 0 unspecified atom stereocenters. The molecule has 1 fully saturated rings. The molecule has 2 amide bonds. The molecule has 1 aliphatic rings. The van der Waals surface area contributed by atoms with Crippen molar-refractivity contribution in [3.8, 4) is 17.1 Å². The lowest BCUT2D eigenvalue weighted by Gasteiger charge is -2.26. The molecule has 1 atom stereocenters. The number of alkyl halides is 3. The van der Waals surface area contributed by atoms with Crippen LogP contribution in [0, 0.1) is 11.7 Å². The molecule has 4 rings (SSSR count). The Hall–Kier alpha value is -4.02. The largest absolute Gasteiger partial charge is 0.573 e. The molecular weight excluding hydrogens is 530 g/mol. The van der Waals surface area contributed by atoms with Crippen LogP contribution < -0.4 is 20.7 Å². The summed E-state index contributed by atoms with van der Waals surface area (Å²) in [5.74, 6) is -1.25. The SMILES string of the molecule is O=C(N[C@@H](CC1CCCCC1)C(=O)NCCNc1ccc(OC(F)(F)F)cc1)c1ccc(-c2ccccc2F)o1. The number of hydrogen-bond acceptors (Lipinski definition) is 5. The lowest BCUT2D eigenvalue weighted by Crippen LogP contribution is -2.48. The van der Waals surface area contributed by atoms with Crippen LogP contribution >= 0.6 is 0 Å². The van der Waals surface area contributed by atoms with Gasteiger partial charge in [-0.05, 0) is 60.9 Å². The lowest BCUT2D eigenvalue weighted by atomic mass is 9.84. The van der Waals surface area contributed by atoms with Crippen LogP contribution in [0.1, 0.15) is 49.1 Å². The summed E-state index contributed by atoms with van der Waals surface area (Å²) in [6, 6.07) is 13.5. The minimum Gasteiger partial charge on any atom is -0.451 e. The molecule has 1 heterocycles. The molecule has 0 saturated heterocycles. The highest BCUT2D eigenvalue weighted by Crippen LogP contribution is 2.28. The van der Waals surface area contributed by atoms with Crippen molar-refractivity contribution >= 4 is 17.5 Å². The van der Waals surface area contributed by atoms with Crippen LogP contribution in [-0.2, 0) is 4.79 Å². The van der Waals surface area contributed by atoms with E-state index in [2.05, 4.69) is 20.7 Å². The van der Waals surface area contributed by atoms with E-state index in [1.54, 1.807) is 18.2 Å². The molecule has 0 bridgehead atoms. The first kappa shape index (κ1) is 29.0. The van der Waals surface area contributed by atoms with Gasteiger partial charge in [0, 0.05) is 18.8 Å². The normalized spacial score (nSPS) is 14.8. The quantitative estimate of drug-likeness (QED) is 0.189. The van der Waals surface area contributed by atoms with Gasteiger partial charge in [0.05, 0.1) is 5.56 Å². The van der Waals surface area contributed by atoms with Crippen molar-refractivity contribution in [3.63, 3.8) is 0 Å². The zero-order valence-electron chi connectivity index (χ0n) is 21.7. The molecule has 0 radical (unpaired) electrons. The number of hydrogen-bond donors (Lipinski definition) is 3. The van der Waals surface area contributed by atoms with Gasteiger partial charge < -0.3 is 25.1 Å². The Bertz CT molecular complexity index is 1270. The van der Waals surface area contributed by atoms with Crippen molar-refractivity contribution in [2.75, 3.05) is 18.4 Å². The Morgan fingerprint density at radius 1 is 0.950 bits per heavy atom. The van der Waals surface area contributed by atoms with Crippen LogP contribution in [0.5, 0.6) is 5.75 Å². The van der Waals surface area contributed by atoms with E-state index >= 15 is 0 Å². The minimum atomic E-state index is -4.76. The van der Waals surface area contributed by atoms with Crippen molar-refractivity contribution < 1.29 is 36.3 Å². The Morgan fingerprint density at radius 3 is 2.38 bits per heavy atom. The molecule has 1 aliphatic carbocycles. The third-order valence-corrected chi connectivity index (χ3v) is 6.73. The average molecular weight is 562 g/mol. The molecule has 11 heteroatoms. The molecule has 1 aromatic heterocycles. The summed E-state index contributed by atoms with van der Waals surface area (Å²) >= 11 is 0. The standard InChI is InChI=1S/C29H31F4N3O4/c30-23-9-5-4-8-22(23)25-14-15-26(39-25)28(38)36-24(18-19-6-2-1-3-7-19)27(37)35-17-16-34-20-10-12-21(13-11-20)40-29(31,32)33/h4-5,8-15,19,24,34H,1-3,6-7,16-18H2,(H,35,37)(H,36,38)/t24-/m0/s1. The fraction of sp³-hybridized carbons (Fsp3) is 0.379. The molecule has 1 saturated carbocycles. The number of halogens is 4. The number of nitrogens with one attached hydrogen (secondary N) is 3. The van der Waals surface area contributed by atoms with E-state index in [4.69, 9.17) is 4.42 Å². The second-order valence-electron chi connectivity index (χ2n) is 9.70. The number of rotatable bonds is 11. The second kappa shape index (κ2) is 13.4. The van der Waals surface area contributed by atoms with E-state index in [0.29, 0.717) is 24.6 Å². The highest BCUT2D eigenvalue weighted by molar-refractivity contribution is 5.96. The van der Waals surface area contributed by atoms with E-state index in [-0.39, 0.29) is 35.3 Å². The molecule has 3 aromatic rings. The van der Waals surface area contributed by atoms with E-state index in [1.165, 1.54) is 42.5 Å². The topological polar surface area (TPSA) is 92.6 Å². The van der Waals surface area contributed by atoms with Crippen molar-refractivity contribution in [1.82, 2.24) is 10.6 Å². The molecule has 7 nitrogen and oxygen atoms in total. The summed E-state index contributed by atoms with van der Waals surface area (Å²) in [5, 5.41) is 8.60. The smallest absolute Gasteiger partial charge is 0.451 e. The van der Waals surface area contributed by atoms with Gasteiger partial charge in [0.2, 0.25) is 5.91 Å². The van der Waals surface area contributed by atoms with Gasteiger partial charge in [-0.3, -0.25) is 9.59 Å². The molecular formula is C29H31F4N3O4. The summed E-state index contributed by atoms with van der Waals surface area (Å²) in [4.78, 5) is 26.1. The molecule has 214 valence electrons. The fourth-order valence-electron chi connectivity index (χ4n) is 4.77. The van der Waals surface area contributed by atoms with Crippen LogP contribution in [0.2, 0.25) is 0 Å². The Kier molecular flexibility index (Phi) is 9.68. The predicted molar refractivity (Wildman–Crippen MR) is 141 cm³/mol. The Labute approximate surface area is 229 Å². The summed E-state index contributed by atoms with van der Waals surface area (Å²) < 4.78 is 60.5. The van der Waals surface area contributed by atoms with Crippen molar-refractivity contribution in [3.05, 3.63) is 72.2 Å².